The molecular weight excluding hydrogens is 396 g/mol. The van der Waals surface area contributed by atoms with Crippen molar-refractivity contribution in [3.8, 4) is 11.4 Å². The Morgan fingerprint density at radius 3 is 2.57 bits per heavy atom. The van der Waals surface area contributed by atoms with Crippen molar-refractivity contribution >= 4 is 35.0 Å². The van der Waals surface area contributed by atoms with E-state index in [1.807, 2.05) is 50.5 Å². The number of hydrogen-bond donors (Lipinski definition) is 4. The lowest BCUT2D eigenvalue weighted by molar-refractivity contribution is 0.425. The molecule has 30 heavy (non-hydrogen) atoms. The molecule has 0 fully saturated rings. The molecule has 0 atom stereocenters. The largest absolute Gasteiger partial charge is 0.383 e. The highest BCUT2D eigenvalue weighted by Crippen LogP contribution is 2.27. The van der Waals surface area contributed by atoms with E-state index >= 15 is 0 Å². The molecule has 2 heterocycles. The SMILES string of the molecule is CC(=N)c1c(N)nc(-c2ccc(NSc3cccnc3)cc2)nc1NCCN(C)C. The Bertz CT molecular complexity index is 990. The van der Waals surface area contributed by atoms with Gasteiger partial charge in [-0.05, 0) is 69.4 Å². The fraction of sp³-hybridized carbons (Fsp3) is 0.238. The Hall–Kier alpha value is -3.17. The van der Waals surface area contributed by atoms with Gasteiger partial charge in [-0.2, -0.15) is 0 Å². The minimum Gasteiger partial charge on any atom is -0.383 e. The fourth-order valence-corrected chi connectivity index (χ4v) is 3.35. The van der Waals surface area contributed by atoms with Crippen molar-refractivity contribution in [3.63, 3.8) is 0 Å². The molecule has 9 heteroatoms. The second-order valence-corrected chi connectivity index (χ2v) is 7.86. The molecule has 3 rings (SSSR count). The Morgan fingerprint density at radius 2 is 1.93 bits per heavy atom. The van der Waals surface area contributed by atoms with Gasteiger partial charge in [-0.25, -0.2) is 9.97 Å². The normalized spacial score (nSPS) is 10.8. The van der Waals surface area contributed by atoms with Crippen LogP contribution in [0.5, 0.6) is 0 Å². The van der Waals surface area contributed by atoms with Crippen LogP contribution in [-0.4, -0.2) is 52.7 Å². The van der Waals surface area contributed by atoms with Crippen molar-refractivity contribution in [3.05, 3.63) is 54.4 Å². The highest BCUT2D eigenvalue weighted by molar-refractivity contribution is 8.00. The van der Waals surface area contributed by atoms with Crippen LogP contribution < -0.4 is 15.8 Å². The molecule has 0 aliphatic heterocycles. The van der Waals surface area contributed by atoms with Crippen LogP contribution in [0.15, 0.2) is 53.7 Å². The third-order valence-corrected chi connectivity index (χ3v) is 5.04. The van der Waals surface area contributed by atoms with Crippen molar-refractivity contribution in [2.24, 2.45) is 0 Å². The van der Waals surface area contributed by atoms with Crippen molar-refractivity contribution in [2.75, 3.05) is 43.0 Å². The minimum absolute atomic E-state index is 0.300. The number of nitrogens with two attached hydrogens (primary N) is 1. The molecule has 0 unspecified atom stereocenters. The average molecular weight is 423 g/mol. The number of nitrogens with zero attached hydrogens (tertiary/aromatic N) is 4. The van der Waals surface area contributed by atoms with Gasteiger partial charge in [0.1, 0.15) is 11.6 Å². The van der Waals surface area contributed by atoms with Crippen LogP contribution in [0.3, 0.4) is 0 Å². The molecule has 0 aliphatic carbocycles. The monoisotopic (exact) mass is 422 g/mol. The lowest BCUT2D eigenvalue weighted by Gasteiger charge is -2.16. The van der Waals surface area contributed by atoms with Gasteiger partial charge in [0.2, 0.25) is 0 Å². The van der Waals surface area contributed by atoms with E-state index in [2.05, 4.69) is 29.9 Å². The van der Waals surface area contributed by atoms with Crippen LogP contribution in [0.25, 0.3) is 11.4 Å². The summed E-state index contributed by atoms with van der Waals surface area (Å²) in [5, 5.41) is 11.3. The first kappa shape index (κ1) is 21.5. The number of anilines is 3. The predicted molar refractivity (Wildman–Crippen MR) is 125 cm³/mol. The molecule has 156 valence electrons. The van der Waals surface area contributed by atoms with E-state index in [9.17, 15) is 0 Å². The molecular formula is C21H26N8S. The smallest absolute Gasteiger partial charge is 0.163 e. The summed E-state index contributed by atoms with van der Waals surface area (Å²) >= 11 is 1.50. The molecule has 0 saturated carbocycles. The van der Waals surface area contributed by atoms with Crippen molar-refractivity contribution in [1.82, 2.24) is 19.9 Å². The van der Waals surface area contributed by atoms with Gasteiger partial charge >= 0.3 is 0 Å². The highest BCUT2D eigenvalue weighted by atomic mass is 32.2. The Morgan fingerprint density at radius 1 is 1.17 bits per heavy atom. The van der Waals surface area contributed by atoms with E-state index < -0.39 is 0 Å². The molecule has 3 aromatic rings. The Balaban J connectivity index is 1.78. The van der Waals surface area contributed by atoms with Gasteiger partial charge in [-0.15, -0.1) is 0 Å². The van der Waals surface area contributed by atoms with Gasteiger partial charge in [0.15, 0.2) is 5.82 Å². The summed E-state index contributed by atoms with van der Waals surface area (Å²) in [6, 6.07) is 11.7. The van der Waals surface area contributed by atoms with Crippen LogP contribution >= 0.6 is 11.9 Å². The number of likely N-dealkylation sites (N-methyl/N-ethyl adjacent to an activating group) is 1. The Kier molecular flexibility index (Phi) is 7.21. The maximum absolute atomic E-state index is 8.03. The zero-order valence-electron chi connectivity index (χ0n) is 17.3. The summed E-state index contributed by atoms with van der Waals surface area (Å²) in [6.07, 6.45) is 3.56. The number of nitrogens with one attached hydrogen (secondary N) is 3. The molecule has 0 aliphatic rings. The van der Waals surface area contributed by atoms with Gasteiger partial charge < -0.3 is 26.1 Å². The number of nitrogen functional groups attached to an aromatic ring is 1. The molecule has 5 N–H and O–H groups in total. The first-order chi connectivity index (χ1) is 14.4. The number of aromatic nitrogens is 3. The van der Waals surface area contributed by atoms with Crippen LogP contribution in [-0.2, 0) is 0 Å². The van der Waals surface area contributed by atoms with Gasteiger partial charge in [-0.3, -0.25) is 4.98 Å². The summed E-state index contributed by atoms with van der Waals surface area (Å²) in [4.78, 5) is 16.3. The number of rotatable bonds is 9. The number of hydrogen-bond acceptors (Lipinski definition) is 9. The average Bonchev–Trinajstić information content (AvgIpc) is 2.72. The molecule has 0 amide bonds. The molecule has 0 radical (unpaired) electrons. The van der Waals surface area contributed by atoms with Gasteiger partial charge in [0, 0.05) is 47.3 Å². The van der Waals surface area contributed by atoms with Crippen molar-refractivity contribution in [2.45, 2.75) is 11.8 Å². The first-order valence-corrected chi connectivity index (χ1v) is 10.3. The van der Waals surface area contributed by atoms with Crippen LogP contribution in [0, 0.1) is 5.41 Å². The first-order valence-electron chi connectivity index (χ1n) is 9.49. The third-order valence-electron chi connectivity index (χ3n) is 4.23. The molecule has 8 nitrogen and oxygen atoms in total. The fourth-order valence-electron chi connectivity index (χ4n) is 2.72. The zero-order valence-corrected chi connectivity index (χ0v) is 18.1. The molecule has 0 spiro atoms. The second-order valence-electron chi connectivity index (χ2n) is 6.98. The Labute approximate surface area is 181 Å². The number of benzene rings is 1. The standard InChI is InChI=1S/C21H26N8S/c1-14(22)18-19(23)26-20(27-21(18)25-11-12-29(2)3)15-6-8-16(9-7-15)28-30-17-5-4-10-24-13-17/h4-10,13,22,28H,11-12H2,1-3H3,(H3,23,25,26,27). The van der Waals surface area contributed by atoms with E-state index in [1.54, 1.807) is 19.3 Å². The number of pyridine rings is 1. The van der Waals surface area contributed by atoms with E-state index in [4.69, 9.17) is 11.1 Å². The molecule has 2 aromatic heterocycles. The molecule has 0 saturated heterocycles. The van der Waals surface area contributed by atoms with Gasteiger partial charge in [0.05, 0.1) is 5.56 Å². The van der Waals surface area contributed by atoms with E-state index in [1.165, 1.54) is 11.9 Å². The maximum Gasteiger partial charge on any atom is 0.163 e. The van der Waals surface area contributed by atoms with E-state index in [0.717, 1.165) is 22.7 Å². The van der Waals surface area contributed by atoms with Crippen molar-refractivity contribution < 1.29 is 0 Å². The summed E-state index contributed by atoms with van der Waals surface area (Å²) < 4.78 is 3.29. The quantitative estimate of drug-likeness (QED) is 0.305. The minimum atomic E-state index is 0.300. The maximum atomic E-state index is 8.03. The predicted octanol–water partition coefficient (Wildman–Crippen LogP) is 3.60. The summed E-state index contributed by atoms with van der Waals surface area (Å²) in [5.74, 6) is 1.41. The van der Waals surface area contributed by atoms with Gasteiger partial charge in [-0.1, -0.05) is 0 Å². The lowest BCUT2D eigenvalue weighted by Crippen LogP contribution is -2.22. The summed E-state index contributed by atoms with van der Waals surface area (Å²) in [7, 11) is 4.01. The van der Waals surface area contributed by atoms with Crippen LogP contribution in [0.2, 0.25) is 0 Å². The lowest BCUT2D eigenvalue weighted by atomic mass is 10.1. The second kappa shape index (κ2) is 10.0. The molecule has 0 bridgehead atoms. The topological polar surface area (TPSA) is 116 Å². The highest BCUT2D eigenvalue weighted by Gasteiger charge is 2.15. The molecule has 1 aromatic carbocycles. The summed E-state index contributed by atoms with van der Waals surface area (Å²) in [6.45, 7) is 3.22. The van der Waals surface area contributed by atoms with Crippen LogP contribution in [0.4, 0.5) is 17.3 Å². The third kappa shape index (κ3) is 5.68. The van der Waals surface area contributed by atoms with Gasteiger partial charge in [0.25, 0.3) is 0 Å². The summed E-state index contributed by atoms with van der Waals surface area (Å²) in [5.41, 5.74) is 8.85. The van der Waals surface area contributed by atoms with E-state index in [-0.39, 0.29) is 0 Å². The zero-order chi connectivity index (χ0) is 21.5. The van der Waals surface area contributed by atoms with Crippen molar-refractivity contribution in [1.29, 1.82) is 5.41 Å². The van der Waals surface area contributed by atoms with Crippen LogP contribution in [0.1, 0.15) is 12.5 Å². The van der Waals surface area contributed by atoms with E-state index in [0.29, 0.717) is 35.3 Å².